The van der Waals surface area contributed by atoms with Crippen molar-refractivity contribution in [3.05, 3.63) is 18.6 Å². The van der Waals surface area contributed by atoms with Crippen molar-refractivity contribution in [1.82, 2.24) is 20.2 Å². The molecule has 3 heterocycles. The summed E-state index contributed by atoms with van der Waals surface area (Å²) in [6, 6.07) is 2.42. The van der Waals surface area contributed by atoms with E-state index in [9.17, 15) is 4.79 Å². The molecule has 21 heavy (non-hydrogen) atoms. The predicted octanol–water partition coefficient (Wildman–Crippen LogP) is 0.879. The fourth-order valence-corrected chi connectivity index (χ4v) is 3.15. The van der Waals surface area contributed by atoms with Gasteiger partial charge in [0.1, 0.15) is 12.1 Å². The average Bonchev–Trinajstić information content (AvgIpc) is 2.53. The Morgan fingerprint density at radius 2 is 2.19 bits per heavy atom. The largest absolute Gasteiger partial charge is 0.367 e. The molecule has 1 aromatic heterocycles. The first kappa shape index (κ1) is 14.3. The second kappa shape index (κ2) is 6.85. The number of aromatic nitrogens is 2. The smallest absolute Gasteiger partial charge is 0.220 e. The second-order valence-corrected chi connectivity index (χ2v) is 6.02. The minimum atomic E-state index is 0.207. The van der Waals surface area contributed by atoms with Gasteiger partial charge in [0.05, 0.1) is 0 Å². The van der Waals surface area contributed by atoms with Gasteiger partial charge in [-0.1, -0.05) is 0 Å². The molecule has 1 atom stereocenters. The molecule has 1 unspecified atom stereocenters. The Bertz CT molecular complexity index is 448. The maximum Gasteiger partial charge on any atom is 0.220 e. The Hall–Kier alpha value is -1.69. The molecule has 0 bridgehead atoms. The van der Waals surface area contributed by atoms with Crippen LogP contribution >= 0.6 is 0 Å². The number of piperidine rings is 2. The highest BCUT2D eigenvalue weighted by atomic mass is 16.1. The van der Waals surface area contributed by atoms with E-state index in [4.69, 9.17) is 0 Å². The monoisotopic (exact) mass is 289 g/mol. The van der Waals surface area contributed by atoms with Crippen molar-refractivity contribution in [3.8, 4) is 0 Å². The Kier molecular flexibility index (Phi) is 4.65. The van der Waals surface area contributed by atoms with Crippen LogP contribution in [0.2, 0.25) is 0 Å². The van der Waals surface area contributed by atoms with Crippen molar-refractivity contribution < 1.29 is 4.79 Å². The van der Waals surface area contributed by atoms with Gasteiger partial charge in [0.25, 0.3) is 0 Å². The number of anilines is 1. The topological polar surface area (TPSA) is 70.2 Å². The van der Waals surface area contributed by atoms with E-state index in [0.717, 1.165) is 51.3 Å². The molecular formula is C15H23N5O. The summed E-state index contributed by atoms with van der Waals surface area (Å²) in [6.07, 6.45) is 7.35. The van der Waals surface area contributed by atoms with E-state index in [2.05, 4.69) is 25.5 Å². The van der Waals surface area contributed by atoms with Crippen molar-refractivity contribution in [3.63, 3.8) is 0 Å². The quantitative estimate of drug-likeness (QED) is 0.861. The summed E-state index contributed by atoms with van der Waals surface area (Å²) in [5, 5.41) is 6.45. The summed E-state index contributed by atoms with van der Waals surface area (Å²) in [5.74, 6) is 1.74. The lowest BCUT2D eigenvalue weighted by atomic mass is 9.96. The van der Waals surface area contributed by atoms with Gasteiger partial charge in [-0.25, -0.2) is 9.97 Å². The van der Waals surface area contributed by atoms with Gasteiger partial charge in [0.2, 0.25) is 5.91 Å². The predicted molar refractivity (Wildman–Crippen MR) is 80.9 cm³/mol. The molecule has 1 aromatic rings. The minimum absolute atomic E-state index is 0.207. The highest BCUT2D eigenvalue weighted by Crippen LogP contribution is 2.18. The molecule has 1 amide bonds. The molecule has 0 radical (unpaired) electrons. The fraction of sp³-hybridized carbons (Fsp3) is 0.667. The molecular weight excluding hydrogens is 266 g/mol. The van der Waals surface area contributed by atoms with Gasteiger partial charge in [-0.2, -0.15) is 0 Å². The standard InChI is InChI=1S/C15H23N5O/c21-15-2-1-12(9-17-15)10-20-7-4-13(5-8-20)19-14-3-6-16-11-18-14/h3,6,11-13H,1-2,4-5,7-10H2,(H,17,21)(H,16,18,19). The zero-order valence-electron chi connectivity index (χ0n) is 12.3. The Labute approximate surface area is 125 Å². The lowest BCUT2D eigenvalue weighted by Gasteiger charge is -2.35. The van der Waals surface area contributed by atoms with Crippen molar-refractivity contribution in [1.29, 1.82) is 0 Å². The van der Waals surface area contributed by atoms with E-state index < -0.39 is 0 Å². The third kappa shape index (κ3) is 4.14. The van der Waals surface area contributed by atoms with E-state index in [1.165, 1.54) is 0 Å². The molecule has 0 spiro atoms. The van der Waals surface area contributed by atoms with E-state index in [1.807, 2.05) is 6.07 Å². The third-order valence-corrected chi connectivity index (χ3v) is 4.41. The Morgan fingerprint density at radius 1 is 1.33 bits per heavy atom. The highest BCUT2D eigenvalue weighted by Gasteiger charge is 2.24. The molecule has 2 N–H and O–H groups in total. The summed E-state index contributed by atoms with van der Waals surface area (Å²) in [6.45, 7) is 4.19. The summed E-state index contributed by atoms with van der Waals surface area (Å²) in [7, 11) is 0. The first-order chi connectivity index (χ1) is 10.3. The maximum absolute atomic E-state index is 11.2. The van der Waals surface area contributed by atoms with Gasteiger partial charge in [-0.3, -0.25) is 4.79 Å². The molecule has 114 valence electrons. The number of likely N-dealkylation sites (tertiary alicyclic amines) is 1. The van der Waals surface area contributed by atoms with Crippen LogP contribution in [0, 0.1) is 5.92 Å². The van der Waals surface area contributed by atoms with Crippen molar-refractivity contribution in [2.24, 2.45) is 5.92 Å². The van der Waals surface area contributed by atoms with E-state index in [1.54, 1.807) is 12.5 Å². The molecule has 0 aliphatic carbocycles. The van der Waals surface area contributed by atoms with Crippen LogP contribution in [0.3, 0.4) is 0 Å². The van der Waals surface area contributed by atoms with E-state index in [-0.39, 0.29) is 5.91 Å². The van der Waals surface area contributed by atoms with Gasteiger partial charge < -0.3 is 15.5 Å². The van der Waals surface area contributed by atoms with Crippen molar-refractivity contribution >= 4 is 11.7 Å². The number of carbonyl (C=O) groups is 1. The molecule has 6 heteroatoms. The minimum Gasteiger partial charge on any atom is -0.367 e. The number of hydrogen-bond donors (Lipinski definition) is 2. The van der Waals surface area contributed by atoms with Crippen molar-refractivity contribution in [2.45, 2.75) is 31.7 Å². The van der Waals surface area contributed by atoms with Gasteiger partial charge >= 0.3 is 0 Å². The van der Waals surface area contributed by atoms with Crippen LogP contribution in [0.5, 0.6) is 0 Å². The fourth-order valence-electron chi connectivity index (χ4n) is 3.15. The number of carbonyl (C=O) groups excluding carboxylic acids is 1. The summed E-state index contributed by atoms with van der Waals surface area (Å²) < 4.78 is 0. The van der Waals surface area contributed by atoms with Gasteiger partial charge in [0, 0.05) is 44.8 Å². The number of amides is 1. The Morgan fingerprint density at radius 3 is 2.86 bits per heavy atom. The summed E-state index contributed by atoms with van der Waals surface area (Å²) in [4.78, 5) is 21.9. The molecule has 0 saturated carbocycles. The molecule has 2 saturated heterocycles. The normalized spacial score (nSPS) is 24.6. The zero-order chi connectivity index (χ0) is 14.5. The Balaban J connectivity index is 1.40. The molecule has 2 aliphatic heterocycles. The number of hydrogen-bond acceptors (Lipinski definition) is 5. The second-order valence-electron chi connectivity index (χ2n) is 6.02. The third-order valence-electron chi connectivity index (χ3n) is 4.41. The van der Waals surface area contributed by atoms with Crippen LogP contribution in [0.25, 0.3) is 0 Å². The van der Waals surface area contributed by atoms with Gasteiger partial charge in [-0.15, -0.1) is 0 Å². The maximum atomic E-state index is 11.2. The molecule has 0 aromatic carbocycles. The highest BCUT2D eigenvalue weighted by molar-refractivity contribution is 5.76. The number of nitrogens with zero attached hydrogens (tertiary/aromatic N) is 3. The first-order valence-electron chi connectivity index (χ1n) is 7.81. The van der Waals surface area contributed by atoms with Crippen LogP contribution in [0.1, 0.15) is 25.7 Å². The first-order valence-corrected chi connectivity index (χ1v) is 7.81. The van der Waals surface area contributed by atoms with Gasteiger partial charge in [0.15, 0.2) is 0 Å². The van der Waals surface area contributed by atoms with Crippen LogP contribution in [0.15, 0.2) is 18.6 Å². The zero-order valence-corrected chi connectivity index (χ0v) is 12.3. The van der Waals surface area contributed by atoms with Crippen LogP contribution < -0.4 is 10.6 Å². The SMILES string of the molecule is O=C1CCC(CN2CCC(Nc3ccncn3)CC2)CN1. The van der Waals surface area contributed by atoms with E-state index in [0.29, 0.717) is 18.4 Å². The molecule has 2 fully saturated rings. The van der Waals surface area contributed by atoms with Crippen LogP contribution in [0.4, 0.5) is 5.82 Å². The van der Waals surface area contributed by atoms with Gasteiger partial charge in [-0.05, 0) is 31.2 Å². The summed E-state index contributed by atoms with van der Waals surface area (Å²) in [5.41, 5.74) is 0. The molecule has 2 aliphatic rings. The lowest BCUT2D eigenvalue weighted by Crippen LogP contribution is -2.45. The average molecular weight is 289 g/mol. The molecule has 6 nitrogen and oxygen atoms in total. The number of rotatable bonds is 4. The number of nitrogens with one attached hydrogen (secondary N) is 2. The molecule has 3 rings (SSSR count). The van der Waals surface area contributed by atoms with E-state index >= 15 is 0 Å². The van der Waals surface area contributed by atoms with Crippen LogP contribution in [-0.4, -0.2) is 53.0 Å². The van der Waals surface area contributed by atoms with Crippen LogP contribution in [-0.2, 0) is 4.79 Å². The lowest BCUT2D eigenvalue weighted by molar-refractivity contribution is -0.123. The van der Waals surface area contributed by atoms with Crippen molar-refractivity contribution in [2.75, 3.05) is 31.5 Å². The summed E-state index contributed by atoms with van der Waals surface area (Å²) >= 11 is 0.